The summed E-state index contributed by atoms with van der Waals surface area (Å²) in [5.74, 6) is 0. The van der Waals surface area contributed by atoms with Crippen LogP contribution in [0.3, 0.4) is 0 Å². The molecule has 0 aromatic heterocycles. The molecular weight excluding hydrogens is 218 g/mol. The number of ether oxygens (including phenoxy) is 1. The van der Waals surface area contributed by atoms with Gasteiger partial charge in [0.1, 0.15) is 0 Å². The van der Waals surface area contributed by atoms with Crippen molar-refractivity contribution in [3.8, 4) is 0 Å². The van der Waals surface area contributed by atoms with Crippen LogP contribution < -0.4 is 0 Å². The molecule has 1 saturated heterocycles. The Morgan fingerprint density at radius 2 is 2.00 bits per heavy atom. The molecule has 1 saturated carbocycles. The number of hydrogen-bond acceptors (Lipinski definition) is 4. The molecule has 0 aromatic carbocycles. The van der Waals surface area contributed by atoms with Gasteiger partial charge in [-0.05, 0) is 45.7 Å². The van der Waals surface area contributed by atoms with Crippen molar-refractivity contribution in [1.29, 1.82) is 0 Å². The predicted molar refractivity (Wildman–Crippen MR) is 65.8 cm³/mol. The number of hydrogen-bond donors (Lipinski definition) is 2. The Morgan fingerprint density at radius 3 is 2.59 bits per heavy atom. The van der Waals surface area contributed by atoms with Crippen molar-refractivity contribution in [3.05, 3.63) is 0 Å². The van der Waals surface area contributed by atoms with Crippen molar-refractivity contribution in [3.63, 3.8) is 0 Å². The van der Waals surface area contributed by atoms with Crippen molar-refractivity contribution in [1.82, 2.24) is 4.90 Å². The quantitative estimate of drug-likeness (QED) is 0.763. The first kappa shape index (κ1) is 13.3. The van der Waals surface area contributed by atoms with Gasteiger partial charge >= 0.3 is 0 Å². The lowest BCUT2D eigenvalue weighted by molar-refractivity contribution is -0.202. The fraction of sp³-hybridized carbons (Fsp3) is 1.00. The first-order chi connectivity index (χ1) is 8.05. The molecule has 1 heterocycles. The van der Waals surface area contributed by atoms with Gasteiger partial charge in [0, 0.05) is 19.1 Å². The van der Waals surface area contributed by atoms with E-state index in [2.05, 4.69) is 11.9 Å². The molecule has 17 heavy (non-hydrogen) atoms. The maximum atomic E-state index is 10.9. The molecule has 4 heteroatoms. The second-order valence-corrected chi connectivity index (χ2v) is 5.89. The summed E-state index contributed by atoms with van der Waals surface area (Å²) in [5.41, 5.74) is -1.03. The minimum absolute atomic E-state index is 0.0765. The minimum Gasteiger partial charge on any atom is -0.396 e. The van der Waals surface area contributed by atoms with Gasteiger partial charge in [0.2, 0.25) is 0 Å². The molecule has 4 nitrogen and oxygen atoms in total. The standard InChI is InChI=1S/C13H25NO3/c1-14-6-3-4-13(16,5-7-14)12(10-15)8-11(9-12)17-2/h11,15-16H,3-10H2,1-2H3. The zero-order chi connectivity index (χ0) is 12.5. The summed E-state index contributed by atoms with van der Waals surface area (Å²) in [7, 11) is 3.80. The smallest absolute Gasteiger partial charge is 0.0740 e. The first-order valence-corrected chi connectivity index (χ1v) is 6.60. The van der Waals surface area contributed by atoms with E-state index in [1.807, 2.05) is 0 Å². The average molecular weight is 243 g/mol. The SMILES string of the molecule is COC1CC(CO)(C2(O)CCCN(C)CC2)C1. The van der Waals surface area contributed by atoms with E-state index in [1.54, 1.807) is 7.11 Å². The number of aliphatic hydroxyl groups excluding tert-OH is 1. The third-order valence-corrected chi connectivity index (χ3v) is 4.90. The predicted octanol–water partition coefficient (Wildman–Crippen LogP) is 0.621. The van der Waals surface area contributed by atoms with Crippen LogP contribution in [-0.4, -0.2) is 60.7 Å². The van der Waals surface area contributed by atoms with E-state index in [1.165, 1.54) is 0 Å². The van der Waals surface area contributed by atoms with Crippen molar-refractivity contribution < 1.29 is 14.9 Å². The second kappa shape index (κ2) is 4.84. The third kappa shape index (κ3) is 2.24. The normalized spacial score (nSPS) is 44.1. The molecule has 1 unspecified atom stereocenters. The molecule has 0 bridgehead atoms. The van der Waals surface area contributed by atoms with E-state index in [4.69, 9.17) is 4.74 Å². The highest BCUT2D eigenvalue weighted by molar-refractivity contribution is 5.08. The van der Waals surface area contributed by atoms with Crippen molar-refractivity contribution >= 4 is 0 Å². The summed E-state index contributed by atoms with van der Waals surface area (Å²) >= 11 is 0. The Balaban J connectivity index is 2.07. The van der Waals surface area contributed by atoms with Gasteiger partial charge in [-0.2, -0.15) is 0 Å². The molecule has 0 amide bonds. The zero-order valence-electron chi connectivity index (χ0n) is 11.0. The van der Waals surface area contributed by atoms with Gasteiger partial charge in [-0.1, -0.05) is 0 Å². The Morgan fingerprint density at radius 1 is 1.29 bits per heavy atom. The molecule has 2 N–H and O–H groups in total. The van der Waals surface area contributed by atoms with Gasteiger partial charge in [0.25, 0.3) is 0 Å². The van der Waals surface area contributed by atoms with Gasteiger partial charge in [0.15, 0.2) is 0 Å². The molecule has 1 aliphatic carbocycles. The van der Waals surface area contributed by atoms with Crippen molar-refractivity contribution in [2.45, 2.75) is 43.8 Å². The lowest BCUT2D eigenvalue weighted by Crippen LogP contribution is -2.60. The number of methoxy groups -OCH3 is 1. The molecule has 0 radical (unpaired) electrons. The molecule has 0 spiro atoms. The van der Waals surface area contributed by atoms with Crippen LogP contribution in [0.1, 0.15) is 32.1 Å². The Hall–Kier alpha value is -0.160. The lowest BCUT2D eigenvalue weighted by atomic mass is 9.55. The first-order valence-electron chi connectivity index (χ1n) is 6.60. The molecule has 1 atom stereocenters. The number of likely N-dealkylation sites (tertiary alicyclic amines) is 1. The maximum absolute atomic E-state index is 10.9. The summed E-state index contributed by atoms with van der Waals surface area (Å²) in [5, 5.41) is 20.6. The van der Waals surface area contributed by atoms with Crippen LogP contribution in [0.5, 0.6) is 0 Å². The fourth-order valence-corrected chi connectivity index (χ4v) is 3.42. The van der Waals surface area contributed by atoms with Gasteiger partial charge in [-0.3, -0.25) is 0 Å². The topological polar surface area (TPSA) is 52.9 Å². The van der Waals surface area contributed by atoms with Crippen LogP contribution in [0.15, 0.2) is 0 Å². The molecule has 1 aliphatic heterocycles. The van der Waals surface area contributed by atoms with Crippen LogP contribution in [0.25, 0.3) is 0 Å². The van der Waals surface area contributed by atoms with E-state index >= 15 is 0 Å². The van der Waals surface area contributed by atoms with E-state index in [0.29, 0.717) is 0 Å². The lowest BCUT2D eigenvalue weighted by Gasteiger charge is -2.55. The van der Waals surface area contributed by atoms with Gasteiger partial charge in [-0.25, -0.2) is 0 Å². The molecule has 2 fully saturated rings. The summed E-state index contributed by atoms with van der Waals surface area (Å²) in [6, 6.07) is 0. The van der Waals surface area contributed by atoms with Crippen LogP contribution in [-0.2, 0) is 4.74 Å². The van der Waals surface area contributed by atoms with E-state index in [0.717, 1.165) is 45.2 Å². The molecule has 2 rings (SSSR count). The minimum atomic E-state index is -0.707. The van der Waals surface area contributed by atoms with E-state index in [-0.39, 0.29) is 18.1 Å². The van der Waals surface area contributed by atoms with E-state index < -0.39 is 5.60 Å². The van der Waals surface area contributed by atoms with Crippen LogP contribution >= 0.6 is 0 Å². The highest BCUT2D eigenvalue weighted by Crippen LogP contribution is 2.53. The molecule has 0 aromatic rings. The van der Waals surface area contributed by atoms with Crippen molar-refractivity contribution in [2.75, 3.05) is 33.9 Å². The van der Waals surface area contributed by atoms with Gasteiger partial charge in [-0.15, -0.1) is 0 Å². The summed E-state index contributed by atoms with van der Waals surface area (Å²) in [6.07, 6.45) is 4.37. The highest BCUT2D eigenvalue weighted by atomic mass is 16.5. The van der Waals surface area contributed by atoms with Crippen LogP contribution in [0.2, 0.25) is 0 Å². The largest absolute Gasteiger partial charge is 0.396 e. The molecular formula is C13H25NO3. The third-order valence-electron chi connectivity index (χ3n) is 4.90. The number of nitrogens with zero attached hydrogens (tertiary/aromatic N) is 1. The zero-order valence-corrected chi connectivity index (χ0v) is 11.0. The second-order valence-electron chi connectivity index (χ2n) is 5.89. The fourth-order valence-electron chi connectivity index (χ4n) is 3.42. The highest BCUT2D eigenvalue weighted by Gasteiger charge is 2.57. The van der Waals surface area contributed by atoms with Gasteiger partial charge in [0.05, 0.1) is 18.3 Å². The maximum Gasteiger partial charge on any atom is 0.0740 e. The summed E-state index contributed by atoms with van der Waals surface area (Å²) in [6.45, 7) is 2.03. The summed E-state index contributed by atoms with van der Waals surface area (Å²) < 4.78 is 5.30. The average Bonchev–Trinajstić information content (AvgIpc) is 2.42. The van der Waals surface area contributed by atoms with Crippen LogP contribution in [0, 0.1) is 5.41 Å². The Bertz CT molecular complexity index is 265. The Labute approximate surface area is 104 Å². The number of aliphatic hydroxyl groups is 2. The Kier molecular flexibility index (Phi) is 3.78. The molecule has 2 aliphatic rings. The van der Waals surface area contributed by atoms with Crippen LogP contribution in [0.4, 0.5) is 0 Å². The monoisotopic (exact) mass is 243 g/mol. The molecule has 100 valence electrons. The van der Waals surface area contributed by atoms with Crippen molar-refractivity contribution in [2.24, 2.45) is 5.41 Å². The summed E-state index contributed by atoms with van der Waals surface area (Å²) in [4.78, 5) is 2.26. The van der Waals surface area contributed by atoms with Gasteiger partial charge < -0.3 is 19.8 Å². The van der Waals surface area contributed by atoms with E-state index in [9.17, 15) is 10.2 Å². The number of rotatable bonds is 3.